The van der Waals surface area contributed by atoms with Crippen LogP contribution in [-0.4, -0.2) is 26.0 Å². The summed E-state index contributed by atoms with van der Waals surface area (Å²) < 4.78 is 2.08. The summed E-state index contributed by atoms with van der Waals surface area (Å²) in [5.74, 6) is 1.11. The highest BCUT2D eigenvalue weighted by atomic mass is 32.1. The van der Waals surface area contributed by atoms with E-state index in [1.54, 1.807) is 11.3 Å². The van der Waals surface area contributed by atoms with E-state index < -0.39 is 0 Å². The van der Waals surface area contributed by atoms with Crippen molar-refractivity contribution in [3.8, 4) is 0 Å². The molecule has 0 aromatic carbocycles. The fraction of sp³-hybridized carbons (Fsp3) is 0.538. The highest BCUT2D eigenvalue weighted by Crippen LogP contribution is 2.13. The van der Waals surface area contributed by atoms with Crippen molar-refractivity contribution in [2.24, 2.45) is 7.05 Å². The summed E-state index contributed by atoms with van der Waals surface area (Å²) in [4.78, 5) is 11.3. The molecule has 0 saturated carbocycles. The van der Waals surface area contributed by atoms with Gasteiger partial charge in [-0.25, -0.2) is 9.97 Å². The molecule has 0 aliphatic rings. The van der Waals surface area contributed by atoms with Crippen LogP contribution in [0.1, 0.15) is 29.9 Å². The third-order valence-corrected chi connectivity index (χ3v) is 3.80. The molecule has 0 N–H and O–H groups in total. The summed E-state index contributed by atoms with van der Waals surface area (Å²) in [6.07, 6.45) is 4.99. The molecule has 0 aliphatic heterocycles. The van der Waals surface area contributed by atoms with Gasteiger partial charge in [-0.1, -0.05) is 6.92 Å². The van der Waals surface area contributed by atoms with Crippen molar-refractivity contribution in [2.45, 2.75) is 33.4 Å². The molecule has 0 atom stereocenters. The second-order valence-electron chi connectivity index (χ2n) is 4.55. The Balaban J connectivity index is 2.02. The minimum absolute atomic E-state index is 0.885. The molecule has 98 valence electrons. The molecule has 2 aromatic rings. The van der Waals surface area contributed by atoms with Gasteiger partial charge in [0.2, 0.25) is 0 Å². The van der Waals surface area contributed by atoms with Crippen molar-refractivity contribution in [3.05, 3.63) is 34.3 Å². The average molecular weight is 264 g/mol. The average Bonchev–Trinajstić information content (AvgIpc) is 2.90. The van der Waals surface area contributed by atoms with Crippen molar-refractivity contribution in [1.29, 1.82) is 0 Å². The van der Waals surface area contributed by atoms with Crippen LogP contribution in [0.2, 0.25) is 0 Å². The van der Waals surface area contributed by atoms with Gasteiger partial charge >= 0.3 is 0 Å². The maximum Gasteiger partial charge on any atom is 0.122 e. The molecule has 0 radical (unpaired) electrons. The Morgan fingerprint density at radius 2 is 2.22 bits per heavy atom. The van der Waals surface area contributed by atoms with Crippen LogP contribution in [0.3, 0.4) is 0 Å². The monoisotopic (exact) mass is 264 g/mol. The van der Waals surface area contributed by atoms with Gasteiger partial charge in [0.1, 0.15) is 10.8 Å². The van der Waals surface area contributed by atoms with Gasteiger partial charge < -0.3 is 4.57 Å². The highest BCUT2D eigenvalue weighted by molar-refractivity contribution is 7.09. The van der Waals surface area contributed by atoms with Gasteiger partial charge in [-0.2, -0.15) is 0 Å². The number of imidazole rings is 1. The summed E-state index contributed by atoms with van der Waals surface area (Å²) >= 11 is 1.74. The van der Waals surface area contributed by atoms with Gasteiger partial charge in [0.25, 0.3) is 0 Å². The molecule has 2 rings (SSSR count). The zero-order valence-electron chi connectivity index (χ0n) is 11.3. The predicted octanol–water partition coefficient (Wildman–Crippen LogP) is 2.60. The van der Waals surface area contributed by atoms with Gasteiger partial charge in [0.15, 0.2) is 0 Å². The summed E-state index contributed by atoms with van der Waals surface area (Å²) in [5, 5.41) is 3.30. The lowest BCUT2D eigenvalue weighted by molar-refractivity contribution is 0.248. The molecule has 0 spiro atoms. The van der Waals surface area contributed by atoms with Crippen LogP contribution in [0.25, 0.3) is 0 Å². The molecule has 0 saturated heterocycles. The first-order valence-corrected chi connectivity index (χ1v) is 7.16. The quantitative estimate of drug-likeness (QED) is 0.804. The Morgan fingerprint density at radius 1 is 1.39 bits per heavy atom. The summed E-state index contributed by atoms with van der Waals surface area (Å²) in [7, 11) is 2.04. The van der Waals surface area contributed by atoms with E-state index in [0.717, 1.165) is 37.6 Å². The SMILES string of the molecule is CCCN(Cc1nc(C)cs1)Cc1nccn1C. The summed E-state index contributed by atoms with van der Waals surface area (Å²) in [6, 6.07) is 0. The summed E-state index contributed by atoms with van der Waals surface area (Å²) in [5.41, 5.74) is 1.11. The molecule has 2 heterocycles. The van der Waals surface area contributed by atoms with Crippen LogP contribution in [0, 0.1) is 6.92 Å². The van der Waals surface area contributed by atoms with Crippen LogP contribution in [-0.2, 0) is 20.1 Å². The molecule has 0 amide bonds. The minimum atomic E-state index is 0.885. The first-order chi connectivity index (χ1) is 8.69. The topological polar surface area (TPSA) is 34.0 Å². The molecule has 4 nitrogen and oxygen atoms in total. The Hall–Kier alpha value is -1.20. The number of thiazole rings is 1. The zero-order valence-corrected chi connectivity index (χ0v) is 12.1. The first kappa shape index (κ1) is 13.2. The largest absolute Gasteiger partial charge is 0.337 e. The standard InChI is InChI=1S/C13H20N4S/c1-4-6-17(8-12-14-5-7-16(12)3)9-13-15-11(2)10-18-13/h5,7,10H,4,6,8-9H2,1-3H3. The third kappa shape index (κ3) is 3.40. The van der Waals surface area contributed by atoms with Gasteiger partial charge in [0, 0.05) is 30.5 Å². The smallest absolute Gasteiger partial charge is 0.122 e. The lowest BCUT2D eigenvalue weighted by atomic mass is 10.4. The molecule has 0 unspecified atom stereocenters. The maximum absolute atomic E-state index is 4.53. The second-order valence-corrected chi connectivity index (χ2v) is 5.49. The Morgan fingerprint density at radius 3 is 2.78 bits per heavy atom. The van der Waals surface area contributed by atoms with Crippen LogP contribution in [0.15, 0.2) is 17.8 Å². The molecule has 5 heteroatoms. The van der Waals surface area contributed by atoms with Gasteiger partial charge in [-0.05, 0) is 19.9 Å². The fourth-order valence-corrected chi connectivity index (χ4v) is 2.76. The van der Waals surface area contributed by atoms with E-state index in [1.807, 2.05) is 26.4 Å². The maximum atomic E-state index is 4.53. The molecule has 0 aliphatic carbocycles. The molecule has 0 fully saturated rings. The highest BCUT2D eigenvalue weighted by Gasteiger charge is 2.10. The lowest BCUT2D eigenvalue weighted by Crippen LogP contribution is -2.25. The lowest BCUT2D eigenvalue weighted by Gasteiger charge is -2.19. The minimum Gasteiger partial charge on any atom is -0.337 e. The normalized spacial score (nSPS) is 11.3. The van der Waals surface area contributed by atoms with Crippen LogP contribution in [0.4, 0.5) is 0 Å². The number of nitrogens with zero attached hydrogens (tertiary/aromatic N) is 4. The van der Waals surface area contributed by atoms with Crippen molar-refractivity contribution in [2.75, 3.05) is 6.54 Å². The van der Waals surface area contributed by atoms with Crippen LogP contribution >= 0.6 is 11.3 Å². The van der Waals surface area contributed by atoms with E-state index in [9.17, 15) is 0 Å². The number of hydrogen-bond acceptors (Lipinski definition) is 4. The van der Waals surface area contributed by atoms with E-state index >= 15 is 0 Å². The van der Waals surface area contributed by atoms with Crippen molar-refractivity contribution in [3.63, 3.8) is 0 Å². The summed E-state index contributed by atoms with van der Waals surface area (Å²) in [6.45, 7) is 7.13. The second kappa shape index (κ2) is 6.11. The van der Waals surface area contributed by atoms with E-state index in [-0.39, 0.29) is 0 Å². The molecule has 0 bridgehead atoms. The Labute approximate surface area is 112 Å². The predicted molar refractivity (Wildman–Crippen MR) is 74.5 cm³/mol. The van der Waals surface area contributed by atoms with Gasteiger partial charge in [0.05, 0.1) is 13.1 Å². The fourth-order valence-electron chi connectivity index (χ4n) is 1.95. The number of aromatic nitrogens is 3. The number of rotatable bonds is 6. The Kier molecular flexibility index (Phi) is 4.49. The van der Waals surface area contributed by atoms with Crippen molar-refractivity contribution >= 4 is 11.3 Å². The van der Waals surface area contributed by atoms with Crippen LogP contribution in [0.5, 0.6) is 0 Å². The molecule has 2 aromatic heterocycles. The molecule has 18 heavy (non-hydrogen) atoms. The molecular weight excluding hydrogens is 244 g/mol. The van der Waals surface area contributed by atoms with Gasteiger partial charge in [-0.15, -0.1) is 11.3 Å². The Bertz CT molecular complexity index is 489. The first-order valence-electron chi connectivity index (χ1n) is 6.28. The van der Waals surface area contributed by atoms with E-state index in [0.29, 0.717) is 0 Å². The molecular formula is C13H20N4S. The zero-order chi connectivity index (χ0) is 13.0. The van der Waals surface area contributed by atoms with E-state index in [4.69, 9.17) is 0 Å². The van der Waals surface area contributed by atoms with Crippen LogP contribution < -0.4 is 0 Å². The van der Waals surface area contributed by atoms with E-state index in [1.165, 1.54) is 5.01 Å². The van der Waals surface area contributed by atoms with Crippen molar-refractivity contribution in [1.82, 2.24) is 19.4 Å². The van der Waals surface area contributed by atoms with E-state index in [2.05, 4.69) is 31.7 Å². The van der Waals surface area contributed by atoms with Gasteiger partial charge in [-0.3, -0.25) is 4.90 Å². The number of hydrogen-bond donors (Lipinski definition) is 0. The van der Waals surface area contributed by atoms with Crippen molar-refractivity contribution < 1.29 is 0 Å². The third-order valence-electron chi connectivity index (χ3n) is 2.85. The number of aryl methyl sites for hydroxylation is 2.